The third-order valence-electron chi connectivity index (χ3n) is 4.37. The minimum absolute atomic E-state index is 0.00849. The van der Waals surface area contributed by atoms with E-state index in [1.54, 1.807) is 0 Å². The van der Waals surface area contributed by atoms with Crippen molar-refractivity contribution in [3.8, 4) is 0 Å². The van der Waals surface area contributed by atoms with Crippen LogP contribution in [0.1, 0.15) is 45.2 Å². The van der Waals surface area contributed by atoms with Gasteiger partial charge in [-0.2, -0.15) is 0 Å². The van der Waals surface area contributed by atoms with Crippen molar-refractivity contribution in [3.05, 3.63) is 53.6 Å². The Morgan fingerprint density at radius 1 is 1.00 bits per heavy atom. The van der Waals surface area contributed by atoms with Crippen LogP contribution in [-0.4, -0.2) is 17.1 Å². The number of nitrogens with one attached hydrogen (secondary N) is 2. The van der Waals surface area contributed by atoms with Gasteiger partial charge in [0.1, 0.15) is 0 Å². The van der Waals surface area contributed by atoms with Gasteiger partial charge in [0, 0.05) is 22.7 Å². The molecule has 0 saturated carbocycles. The first-order chi connectivity index (χ1) is 13.0. The molecule has 150 valence electrons. The third-order valence-corrected chi connectivity index (χ3v) is 5.49. The molecule has 5 heteroatoms. The van der Waals surface area contributed by atoms with Crippen molar-refractivity contribution in [2.24, 2.45) is 5.41 Å². The molecule has 0 aliphatic carbocycles. The van der Waals surface area contributed by atoms with Crippen molar-refractivity contribution in [2.75, 3.05) is 10.6 Å². The van der Waals surface area contributed by atoms with E-state index in [9.17, 15) is 9.59 Å². The Balaban J connectivity index is 1.93. The van der Waals surface area contributed by atoms with E-state index < -0.39 is 0 Å². The van der Waals surface area contributed by atoms with Crippen LogP contribution in [-0.2, 0) is 9.59 Å². The second-order valence-corrected chi connectivity index (χ2v) is 9.72. The predicted octanol–water partition coefficient (Wildman–Crippen LogP) is 5.80. The molecule has 28 heavy (non-hydrogen) atoms. The van der Waals surface area contributed by atoms with E-state index in [-0.39, 0.29) is 22.5 Å². The molecule has 1 unspecified atom stereocenters. The molecular formula is C23H30N2O2S. The first-order valence-electron chi connectivity index (χ1n) is 9.49. The van der Waals surface area contributed by atoms with E-state index in [0.717, 1.165) is 27.4 Å². The van der Waals surface area contributed by atoms with Gasteiger partial charge in [0.25, 0.3) is 0 Å². The summed E-state index contributed by atoms with van der Waals surface area (Å²) in [7, 11) is 0. The zero-order valence-corrected chi connectivity index (χ0v) is 18.4. The topological polar surface area (TPSA) is 58.2 Å². The zero-order chi connectivity index (χ0) is 20.9. The molecule has 2 rings (SSSR count). The predicted molar refractivity (Wildman–Crippen MR) is 119 cm³/mol. The fourth-order valence-electron chi connectivity index (χ4n) is 2.68. The zero-order valence-electron chi connectivity index (χ0n) is 17.6. The summed E-state index contributed by atoms with van der Waals surface area (Å²) in [5, 5.41) is 5.70. The highest BCUT2D eigenvalue weighted by Crippen LogP contribution is 2.27. The van der Waals surface area contributed by atoms with Crippen LogP contribution >= 0.6 is 11.8 Å². The van der Waals surface area contributed by atoms with Crippen molar-refractivity contribution in [3.63, 3.8) is 0 Å². The van der Waals surface area contributed by atoms with Crippen LogP contribution < -0.4 is 10.6 Å². The van der Waals surface area contributed by atoms with Crippen molar-refractivity contribution < 1.29 is 9.59 Å². The number of aryl methyl sites for hydroxylation is 1. The second-order valence-electron chi connectivity index (χ2n) is 8.31. The molecule has 4 nitrogen and oxygen atoms in total. The van der Waals surface area contributed by atoms with E-state index in [4.69, 9.17) is 0 Å². The largest absolute Gasteiger partial charge is 0.326 e. The summed E-state index contributed by atoms with van der Waals surface area (Å²) >= 11 is 1.49. The second kappa shape index (κ2) is 9.28. The number of carbonyl (C=O) groups excluding carboxylic acids is 2. The lowest BCUT2D eigenvalue weighted by atomic mass is 9.92. The molecule has 0 radical (unpaired) electrons. The highest BCUT2D eigenvalue weighted by molar-refractivity contribution is 8.00. The standard InChI is InChI=1S/C23H30N2O2S/c1-15-8-7-9-20(16(15)2)25-22(27)17(3)28-19-12-10-18(11-13-19)24-21(26)14-23(4,5)6/h7-13,17H,14H2,1-6H3,(H,24,26)(H,25,27). The number of amides is 2. The van der Waals surface area contributed by atoms with E-state index in [1.807, 2.05) is 84.0 Å². The first kappa shape index (κ1) is 22.0. The SMILES string of the molecule is Cc1cccc(NC(=O)C(C)Sc2ccc(NC(=O)CC(C)(C)C)cc2)c1C. The summed E-state index contributed by atoms with van der Waals surface area (Å²) in [6.45, 7) is 12.1. The smallest absolute Gasteiger partial charge is 0.237 e. The van der Waals surface area contributed by atoms with Gasteiger partial charge in [-0.25, -0.2) is 0 Å². The van der Waals surface area contributed by atoms with Gasteiger partial charge in [0.15, 0.2) is 0 Å². The molecule has 2 amide bonds. The number of rotatable bonds is 6. The van der Waals surface area contributed by atoms with Crippen LogP contribution in [0.2, 0.25) is 0 Å². The minimum Gasteiger partial charge on any atom is -0.326 e. The van der Waals surface area contributed by atoms with Crippen LogP contribution in [0.5, 0.6) is 0 Å². The van der Waals surface area contributed by atoms with Gasteiger partial charge in [0.05, 0.1) is 5.25 Å². The van der Waals surface area contributed by atoms with Crippen molar-refractivity contribution in [2.45, 2.75) is 58.1 Å². The third kappa shape index (κ3) is 6.71. The molecule has 0 fully saturated rings. The number of hydrogen-bond donors (Lipinski definition) is 2. The highest BCUT2D eigenvalue weighted by Gasteiger charge is 2.17. The Labute approximate surface area is 172 Å². The number of anilines is 2. The summed E-state index contributed by atoms with van der Waals surface area (Å²) in [5.74, 6) is -0.0181. The van der Waals surface area contributed by atoms with Gasteiger partial charge in [-0.15, -0.1) is 11.8 Å². The van der Waals surface area contributed by atoms with Crippen molar-refractivity contribution in [1.82, 2.24) is 0 Å². The van der Waals surface area contributed by atoms with Gasteiger partial charge in [0.2, 0.25) is 11.8 Å². The molecule has 1 atom stereocenters. The van der Waals surface area contributed by atoms with Gasteiger partial charge >= 0.3 is 0 Å². The maximum atomic E-state index is 12.5. The maximum absolute atomic E-state index is 12.5. The number of thioether (sulfide) groups is 1. The Kier molecular flexibility index (Phi) is 7.30. The Bertz CT molecular complexity index is 839. The van der Waals surface area contributed by atoms with Gasteiger partial charge in [-0.1, -0.05) is 32.9 Å². The summed E-state index contributed by atoms with van der Waals surface area (Å²) in [4.78, 5) is 25.6. The molecule has 0 aromatic heterocycles. The molecule has 0 saturated heterocycles. The van der Waals surface area contributed by atoms with Gasteiger partial charge in [-0.05, 0) is 67.6 Å². The van der Waals surface area contributed by atoms with Crippen molar-refractivity contribution >= 4 is 35.0 Å². The lowest BCUT2D eigenvalue weighted by Gasteiger charge is -2.17. The average molecular weight is 399 g/mol. The quantitative estimate of drug-likeness (QED) is 0.605. The summed E-state index contributed by atoms with van der Waals surface area (Å²) < 4.78 is 0. The Hall–Kier alpha value is -2.27. The van der Waals surface area contributed by atoms with E-state index in [1.165, 1.54) is 11.8 Å². The minimum atomic E-state index is -0.235. The lowest BCUT2D eigenvalue weighted by Crippen LogP contribution is -2.23. The van der Waals surface area contributed by atoms with Crippen LogP contribution in [0.25, 0.3) is 0 Å². The summed E-state index contributed by atoms with van der Waals surface area (Å²) in [6, 6.07) is 13.5. The lowest BCUT2D eigenvalue weighted by molar-refractivity contribution is -0.118. The van der Waals surface area contributed by atoms with Crippen LogP contribution in [0.3, 0.4) is 0 Å². The molecule has 0 spiro atoms. The molecule has 2 N–H and O–H groups in total. The molecule has 0 aliphatic heterocycles. The normalized spacial score (nSPS) is 12.4. The summed E-state index contributed by atoms with van der Waals surface area (Å²) in [6.07, 6.45) is 0.471. The monoisotopic (exact) mass is 398 g/mol. The molecule has 0 aliphatic rings. The summed E-state index contributed by atoms with van der Waals surface area (Å²) in [5.41, 5.74) is 3.82. The first-order valence-corrected chi connectivity index (χ1v) is 10.4. The molecule has 0 heterocycles. The van der Waals surface area contributed by atoms with E-state index in [0.29, 0.717) is 6.42 Å². The molecule has 2 aromatic carbocycles. The highest BCUT2D eigenvalue weighted by atomic mass is 32.2. The average Bonchev–Trinajstić information content (AvgIpc) is 2.59. The molecular weight excluding hydrogens is 368 g/mol. The molecule has 0 bridgehead atoms. The molecule has 2 aromatic rings. The van der Waals surface area contributed by atoms with Crippen LogP contribution in [0.4, 0.5) is 11.4 Å². The van der Waals surface area contributed by atoms with Gasteiger partial charge in [-0.3, -0.25) is 9.59 Å². The Morgan fingerprint density at radius 2 is 1.64 bits per heavy atom. The number of benzene rings is 2. The van der Waals surface area contributed by atoms with Gasteiger partial charge < -0.3 is 10.6 Å². The maximum Gasteiger partial charge on any atom is 0.237 e. The van der Waals surface area contributed by atoms with Crippen LogP contribution in [0.15, 0.2) is 47.4 Å². The van der Waals surface area contributed by atoms with Crippen LogP contribution in [0, 0.1) is 19.3 Å². The Morgan fingerprint density at radius 3 is 2.25 bits per heavy atom. The fourth-order valence-corrected chi connectivity index (χ4v) is 3.55. The van der Waals surface area contributed by atoms with E-state index >= 15 is 0 Å². The van der Waals surface area contributed by atoms with Crippen molar-refractivity contribution in [1.29, 1.82) is 0 Å². The van der Waals surface area contributed by atoms with E-state index in [2.05, 4.69) is 10.6 Å². The number of carbonyl (C=O) groups is 2. The number of hydrogen-bond acceptors (Lipinski definition) is 3. The fraction of sp³-hybridized carbons (Fsp3) is 0.391.